The van der Waals surface area contributed by atoms with E-state index in [-0.39, 0.29) is 17.6 Å². The number of benzene rings is 1. The van der Waals surface area contributed by atoms with E-state index in [2.05, 4.69) is 9.64 Å². The van der Waals surface area contributed by atoms with Gasteiger partial charge >= 0.3 is 5.97 Å². The number of carbonyl (C=O) groups is 2. The average Bonchev–Trinajstić information content (AvgIpc) is 2.60. The van der Waals surface area contributed by atoms with E-state index in [0.717, 1.165) is 18.5 Å². The van der Waals surface area contributed by atoms with Crippen LogP contribution in [0.2, 0.25) is 10.0 Å². The van der Waals surface area contributed by atoms with Gasteiger partial charge in [0.2, 0.25) is 5.91 Å². The number of thioether (sulfide) groups is 1. The van der Waals surface area contributed by atoms with Gasteiger partial charge in [0, 0.05) is 25.3 Å². The van der Waals surface area contributed by atoms with Crippen LogP contribution >= 0.6 is 35.0 Å². The molecule has 0 aliphatic rings. The van der Waals surface area contributed by atoms with E-state index in [9.17, 15) is 9.59 Å². The highest BCUT2D eigenvalue weighted by Gasteiger charge is 2.15. The number of esters is 1. The van der Waals surface area contributed by atoms with Crippen LogP contribution in [-0.2, 0) is 20.9 Å². The summed E-state index contributed by atoms with van der Waals surface area (Å²) in [7, 11) is 5.38. The molecule has 5 nitrogen and oxygen atoms in total. The molecule has 0 N–H and O–H groups in total. The monoisotopic (exact) mass is 420 g/mol. The largest absolute Gasteiger partial charge is 0.468 e. The zero-order valence-electron chi connectivity index (χ0n) is 15.5. The summed E-state index contributed by atoms with van der Waals surface area (Å²) in [4.78, 5) is 27.7. The van der Waals surface area contributed by atoms with E-state index in [0.29, 0.717) is 35.3 Å². The van der Waals surface area contributed by atoms with Crippen molar-refractivity contribution in [2.75, 3.05) is 45.8 Å². The van der Waals surface area contributed by atoms with E-state index >= 15 is 0 Å². The van der Waals surface area contributed by atoms with Gasteiger partial charge in [-0.25, -0.2) is 0 Å². The standard InChI is InChI=1S/C18H26Cl2N2O3S/c1-21(2)8-4-9-22(12-14-5-6-15(19)16(20)11-14)17(23)7-10-26-13-18(24)25-3/h5-6,11H,4,7-10,12-13H2,1-3H3. The van der Waals surface area contributed by atoms with Crippen LogP contribution in [0.15, 0.2) is 18.2 Å². The lowest BCUT2D eigenvalue weighted by Crippen LogP contribution is -2.33. The summed E-state index contributed by atoms with van der Waals surface area (Å²) in [6.45, 7) is 2.06. The smallest absolute Gasteiger partial charge is 0.315 e. The number of hydrogen-bond donors (Lipinski definition) is 0. The molecule has 0 saturated heterocycles. The fourth-order valence-electron chi connectivity index (χ4n) is 2.26. The number of ether oxygens (including phenoxy) is 1. The van der Waals surface area contributed by atoms with E-state index < -0.39 is 0 Å². The summed E-state index contributed by atoms with van der Waals surface area (Å²) < 4.78 is 4.60. The Hall–Kier alpha value is -0.950. The van der Waals surface area contributed by atoms with Gasteiger partial charge in [-0.15, -0.1) is 11.8 Å². The molecule has 8 heteroatoms. The lowest BCUT2D eigenvalue weighted by molar-refractivity contribution is -0.137. The number of carbonyl (C=O) groups excluding carboxylic acids is 2. The van der Waals surface area contributed by atoms with Gasteiger partial charge in [-0.05, 0) is 44.8 Å². The molecule has 1 rings (SSSR count). The summed E-state index contributed by atoms with van der Waals surface area (Å²) in [6, 6.07) is 5.42. The Balaban J connectivity index is 2.62. The van der Waals surface area contributed by atoms with E-state index in [1.807, 2.05) is 25.1 Å². The molecule has 0 aromatic heterocycles. The minimum atomic E-state index is -0.277. The molecule has 1 amide bonds. The molecule has 0 heterocycles. The molecular formula is C18H26Cl2N2O3S. The molecular weight excluding hydrogens is 395 g/mol. The first-order valence-corrected chi connectivity index (χ1v) is 10.3. The van der Waals surface area contributed by atoms with E-state index in [1.54, 1.807) is 12.1 Å². The Bertz CT molecular complexity index is 600. The lowest BCUT2D eigenvalue weighted by Gasteiger charge is -2.24. The van der Waals surface area contributed by atoms with Crippen molar-refractivity contribution in [2.24, 2.45) is 0 Å². The third-order valence-electron chi connectivity index (χ3n) is 3.65. The topological polar surface area (TPSA) is 49.9 Å². The van der Waals surface area contributed by atoms with Crippen LogP contribution in [0, 0.1) is 0 Å². The van der Waals surface area contributed by atoms with E-state index in [1.165, 1.54) is 18.9 Å². The molecule has 0 bridgehead atoms. The summed E-state index contributed by atoms with van der Waals surface area (Å²) in [5.41, 5.74) is 0.944. The first-order valence-electron chi connectivity index (χ1n) is 8.34. The quantitative estimate of drug-likeness (QED) is 0.404. The van der Waals surface area contributed by atoms with Gasteiger partial charge in [0.25, 0.3) is 0 Å². The number of amides is 1. The number of hydrogen-bond acceptors (Lipinski definition) is 5. The summed E-state index contributed by atoms with van der Waals surface area (Å²) in [6.07, 6.45) is 1.26. The molecule has 0 aliphatic carbocycles. The Morgan fingerprint density at radius 2 is 1.88 bits per heavy atom. The van der Waals surface area contributed by atoms with Crippen LogP contribution < -0.4 is 0 Å². The van der Waals surface area contributed by atoms with Crippen LogP contribution in [0.5, 0.6) is 0 Å². The van der Waals surface area contributed by atoms with Crippen molar-refractivity contribution in [1.82, 2.24) is 9.80 Å². The molecule has 0 radical (unpaired) electrons. The van der Waals surface area contributed by atoms with Crippen molar-refractivity contribution in [2.45, 2.75) is 19.4 Å². The molecule has 146 valence electrons. The molecule has 0 aliphatic heterocycles. The summed E-state index contributed by atoms with van der Waals surface area (Å²) in [5, 5.41) is 0.985. The van der Waals surface area contributed by atoms with Crippen molar-refractivity contribution in [3.8, 4) is 0 Å². The molecule has 0 fully saturated rings. The maximum Gasteiger partial charge on any atom is 0.315 e. The van der Waals surface area contributed by atoms with Crippen LogP contribution in [-0.4, -0.2) is 67.5 Å². The van der Waals surface area contributed by atoms with Crippen molar-refractivity contribution in [3.05, 3.63) is 33.8 Å². The molecule has 1 aromatic rings. The molecule has 0 spiro atoms. The maximum absolute atomic E-state index is 12.6. The first-order chi connectivity index (χ1) is 12.3. The predicted octanol–water partition coefficient (Wildman–Crippen LogP) is 3.57. The Kier molecular flexibility index (Phi) is 11.0. The highest BCUT2D eigenvalue weighted by atomic mass is 35.5. The minimum absolute atomic E-state index is 0.0622. The van der Waals surface area contributed by atoms with Crippen LogP contribution in [0.1, 0.15) is 18.4 Å². The maximum atomic E-state index is 12.6. The van der Waals surface area contributed by atoms with Crippen molar-refractivity contribution in [3.63, 3.8) is 0 Å². The van der Waals surface area contributed by atoms with Gasteiger partial charge in [-0.1, -0.05) is 29.3 Å². The number of halogens is 2. The van der Waals surface area contributed by atoms with E-state index in [4.69, 9.17) is 23.2 Å². The average molecular weight is 421 g/mol. The van der Waals surface area contributed by atoms with Crippen LogP contribution in [0.25, 0.3) is 0 Å². The molecule has 0 saturated carbocycles. The molecule has 0 unspecified atom stereocenters. The second-order valence-corrected chi connectivity index (χ2v) is 8.02. The highest BCUT2D eigenvalue weighted by molar-refractivity contribution is 7.99. The zero-order valence-corrected chi connectivity index (χ0v) is 17.8. The SMILES string of the molecule is COC(=O)CSCCC(=O)N(CCCN(C)C)Cc1ccc(Cl)c(Cl)c1. The molecule has 0 atom stereocenters. The number of rotatable bonds is 11. The van der Waals surface area contributed by atoms with Gasteiger partial charge in [0.1, 0.15) is 0 Å². The van der Waals surface area contributed by atoms with Crippen molar-refractivity contribution in [1.29, 1.82) is 0 Å². The fraction of sp³-hybridized carbons (Fsp3) is 0.556. The first kappa shape index (κ1) is 23.1. The summed E-state index contributed by atoms with van der Waals surface area (Å²) >= 11 is 13.4. The van der Waals surface area contributed by atoms with Gasteiger partial charge < -0.3 is 14.5 Å². The van der Waals surface area contributed by atoms with Crippen molar-refractivity contribution >= 4 is 46.8 Å². The highest BCUT2D eigenvalue weighted by Crippen LogP contribution is 2.23. The Labute approximate surface area is 169 Å². The second-order valence-electron chi connectivity index (χ2n) is 6.10. The summed E-state index contributed by atoms with van der Waals surface area (Å²) in [5.74, 6) is 0.629. The van der Waals surface area contributed by atoms with Crippen LogP contribution in [0.3, 0.4) is 0 Å². The lowest BCUT2D eigenvalue weighted by atomic mass is 10.2. The minimum Gasteiger partial charge on any atom is -0.468 e. The van der Waals surface area contributed by atoms with Crippen LogP contribution in [0.4, 0.5) is 0 Å². The van der Waals surface area contributed by atoms with Gasteiger partial charge in [-0.3, -0.25) is 9.59 Å². The Morgan fingerprint density at radius 1 is 1.15 bits per heavy atom. The fourth-order valence-corrected chi connectivity index (χ4v) is 3.33. The Morgan fingerprint density at radius 3 is 2.50 bits per heavy atom. The predicted molar refractivity (Wildman–Crippen MR) is 109 cm³/mol. The van der Waals surface area contributed by atoms with Gasteiger partial charge in [0.15, 0.2) is 0 Å². The van der Waals surface area contributed by atoms with Crippen molar-refractivity contribution < 1.29 is 14.3 Å². The normalized spacial score (nSPS) is 10.8. The van der Waals surface area contributed by atoms with Gasteiger partial charge in [-0.2, -0.15) is 0 Å². The third kappa shape index (κ3) is 9.12. The van der Waals surface area contributed by atoms with Gasteiger partial charge in [0.05, 0.1) is 22.9 Å². The second kappa shape index (κ2) is 12.4. The number of nitrogens with zero attached hydrogens (tertiary/aromatic N) is 2. The molecule has 26 heavy (non-hydrogen) atoms. The molecule has 1 aromatic carbocycles. The number of methoxy groups -OCH3 is 1. The zero-order chi connectivity index (χ0) is 19.5. The third-order valence-corrected chi connectivity index (χ3v) is 5.32.